The maximum Gasteiger partial charge on any atom is 0.0710 e. The first-order valence-electron chi connectivity index (χ1n) is 9.31. The van der Waals surface area contributed by atoms with E-state index >= 15 is 0 Å². The lowest BCUT2D eigenvalue weighted by molar-refractivity contribution is -0.180. The molecule has 2 aliphatic carbocycles. The molecule has 2 nitrogen and oxygen atoms in total. The van der Waals surface area contributed by atoms with Gasteiger partial charge in [0.05, 0.1) is 11.2 Å². The molecule has 0 amide bonds. The third-order valence-electron chi connectivity index (χ3n) is 6.81. The maximum atomic E-state index is 11.7. The molecule has 4 atom stereocenters. The predicted molar refractivity (Wildman–Crippen MR) is 86.2 cm³/mol. The van der Waals surface area contributed by atoms with Crippen molar-refractivity contribution >= 4 is 0 Å². The zero-order valence-corrected chi connectivity index (χ0v) is 14.2. The van der Waals surface area contributed by atoms with Gasteiger partial charge >= 0.3 is 0 Å². The molecule has 2 saturated carbocycles. The van der Waals surface area contributed by atoms with Crippen LogP contribution in [0.3, 0.4) is 0 Å². The van der Waals surface area contributed by atoms with E-state index in [1.807, 2.05) is 0 Å². The minimum absolute atomic E-state index is 0.126. The monoisotopic (exact) mass is 294 g/mol. The van der Waals surface area contributed by atoms with Crippen molar-refractivity contribution in [1.29, 1.82) is 0 Å². The highest BCUT2D eigenvalue weighted by Crippen LogP contribution is 2.52. The Morgan fingerprint density at radius 1 is 1.05 bits per heavy atom. The largest absolute Gasteiger partial charge is 0.389 e. The van der Waals surface area contributed by atoms with E-state index in [0.29, 0.717) is 23.7 Å². The number of ether oxygens (including phenoxy) is 1. The second-order valence-corrected chi connectivity index (χ2v) is 8.66. The van der Waals surface area contributed by atoms with Crippen LogP contribution < -0.4 is 0 Å². The van der Waals surface area contributed by atoms with Gasteiger partial charge in [-0.3, -0.25) is 0 Å². The van der Waals surface area contributed by atoms with Crippen molar-refractivity contribution in [3.05, 3.63) is 0 Å². The zero-order valence-electron chi connectivity index (χ0n) is 14.2. The molecule has 0 bridgehead atoms. The van der Waals surface area contributed by atoms with Gasteiger partial charge in [-0.25, -0.2) is 0 Å². The fourth-order valence-corrected chi connectivity index (χ4v) is 5.73. The van der Waals surface area contributed by atoms with Crippen LogP contribution in [0, 0.1) is 23.7 Å². The van der Waals surface area contributed by atoms with Crippen LogP contribution in [0.1, 0.15) is 78.6 Å². The van der Waals surface area contributed by atoms with Crippen molar-refractivity contribution in [2.24, 2.45) is 23.7 Å². The predicted octanol–water partition coefficient (Wildman–Crippen LogP) is 4.55. The van der Waals surface area contributed by atoms with Gasteiger partial charge in [0, 0.05) is 6.61 Å². The smallest absolute Gasteiger partial charge is 0.0710 e. The normalized spacial score (nSPS) is 43.6. The Bertz CT molecular complexity index is 359. The summed E-state index contributed by atoms with van der Waals surface area (Å²) in [5.41, 5.74) is -0.313. The molecule has 1 heterocycles. The van der Waals surface area contributed by atoms with E-state index in [1.165, 1.54) is 38.5 Å². The average Bonchev–Trinajstić information content (AvgIpc) is 2.86. The van der Waals surface area contributed by atoms with Gasteiger partial charge in [0.2, 0.25) is 0 Å². The van der Waals surface area contributed by atoms with Crippen molar-refractivity contribution in [2.75, 3.05) is 6.61 Å². The lowest BCUT2D eigenvalue weighted by Gasteiger charge is -2.53. The van der Waals surface area contributed by atoms with Crippen LogP contribution in [0.25, 0.3) is 0 Å². The summed E-state index contributed by atoms with van der Waals surface area (Å²) in [6.45, 7) is 7.80. The van der Waals surface area contributed by atoms with E-state index in [2.05, 4.69) is 20.8 Å². The van der Waals surface area contributed by atoms with Crippen LogP contribution in [-0.2, 0) is 4.74 Å². The van der Waals surface area contributed by atoms with Crippen LogP contribution in [0.15, 0.2) is 0 Å². The van der Waals surface area contributed by atoms with E-state index in [0.717, 1.165) is 25.9 Å². The molecular weight excluding hydrogens is 260 g/mol. The third-order valence-corrected chi connectivity index (χ3v) is 6.81. The first kappa shape index (κ1) is 15.8. The van der Waals surface area contributed by atoms with Crippen LogP contribution in [0.2, 0.25) is 0 Å². The molecule has 3 aliphatic rings. The summed E-state index contributed by atoms with van der Waals surface area (Å²) in [5.74, 6) is 2.20. The Labute approximate surface area is 130 Å². The molecule has 1 saturated heterocycles. The quantitative estimate of drug-likeness (QED) is 0.809. The topological polar surface area (TPSA) is 29.5 Å². The van der Waals surface area contributed by atoms with Gasteiger partial charge in [0.1, 0.15) is 0 Å². The summed E-state index contributed by atoms with van der Waals surface area (Å²) < 4.78 is 6.20. The van der Waals surface area contributed by atoms with Crippen molar-refractivity contribution < 1.29 is 9.84 Å². The molecule has 1 aliphatic heterocycles. The summed E-state index contributed by atoms with van der Waals surface area (Å²) in [7, 11) is 0. The highest BCUT2D eigenvalue weighted by atomic mass is 16.5. The second kappa shape index (κ2) is 5.85. The van der Waals surface area contributed by atoms with Gasteiger partial charge in [-0.2, -0.15) is 0 Å². The van der Waals surface area contributed by atoms with Gasteiger partial charge in [-0.15, -0.1) is 0 Å². The number of rotatable bonds is 2. The Hall–Kier alpha value is -0.0800. The van der Waals surface area contributed by atoms with Crippen LogP contribution in [-0.4, -0.2) is 22.9 Å². The Kier molecular flexibility index (Phi) is 4.40. The van der Waals surface area contributed by atoms with Gasteiger partial charge in [0.25, 0.3) is 0 Å². The zero-order chi connectivity index (χ0) is 15.1. The number of aliphatic hydroxyl groups is 1. The molecule has 0 radical (unpaired) electrons. The Morgan fingerprint density at radius 3 is 2.43 bits per heavy atom. The highest BCUT2D eigenvalue weighted by molar-refractivity contribution is 5.03. The Morgan fingerprint density at radius 2 is 1.76 bits per heavy atom. The molecule has 1 spiro atoms. The first-order valence-corrected chi connectivity index (χ1v) is 9.31. The molecule has 21 heavy (non-hydrogen) atoms. The SMILES string of the molecule is CC1CCC(C(C)C)C(O)(C2CCOC3(CCCC3)C2)C1. The van der Waals surface area contributed by atoms with E-state index in [-0.39, 0.29) is 5.60 Å². The molecule has 0 aromatic carbocycles. The second-order valence-electron chi connectivity index (χ2n) is 8.66. The molecule has 1 N–H and O–H groups in total. The fourth-order valence-electron chi connectivity index (χ4n) is 5.73. The van der Waals surface area contributed by atoms with E-state index < -0.39 is 5.60 Å². The van der Waals surface area contributed by atoms with Crippen LogP contribution in [0.5, 0.6) is 0 Å². The minimum Gasteiger partial charge on any atom is -0.389 e. The van der Waals surface area contributed by atoms with E-state index in [9.17, 15) is 5.11 Å². The standard InChI is InChI=1S/C19H34O2/c1-14(2)17-7-6-15(3)12-19(17,20)16-8-11-21-18(13-16)9-4-5-10-18/h14-17,20H,4-13H2,1-3H3. The van der Waals surface area contributed by atoms with Gasteiger partial charge in [-0.05, 0) is 62.2 Å². The fraction of sp³-hybridized carbons (Fsp3) is 1.00. The summed E-state index contributed by atoms with van der Waals surface area (Å²) in [5, 5.41) is 11.7. The summed E-state index contributed by atoms with van der Waals surface area (Å²) >= 11 is 0. The van der Waals surface area contributed by atoms with E-state index in [1.54, 1.807) is 0 Å². The summed E-state index contributed by atoms with van der Waals surface area (Å²) in [6, 6.07) is 0. The molecule has 122 valence electrons. The highest BCUT2D eigenvalue weighted by Gasteiger charge is 2.52. The van der Waals surface area contributed by atoms with Gasteiger partial charge < -0.3 is 9.84 Å². The van der Waals surface area contributed by atoms with Gasteiger partial charge in [0.15, 0.2) is 0 Å². The first-order chi connectivity index (χ1) is 9.95. The number of hydrogen-bond donors (Lipinski definition) is 1. The van der Waals surface area contributed by atoms with Crippen molar-refractivity contribution in [3.63, 3.8) is 0 Å². The third kappa shape index (κ3) is 2.91. The summed E-state index contributed by atoms with van der Waals surface area (Å²) in [6.07, 6.45) is 10.8. The lowest BCUT2D eigenvalue weighted by atomic mass is 9.59. The average molecular weight is 294 g/mol. The molecule has 3 fully saturated rings. The van der Waals surface area contributed by atoms with E-state index in [4.69, 9.17) is 4.74 Å². The minimum atomic E-state index is -0.439. The summed E-state index contributed by atoms with van der Waals surface area (Å²) in [4.78, 5) is 0. The van der Waals surface area contributed by atoms with Crippen molar-refractivity contribution in [3.8, 4) is 0 Å². The molecule has 0 aromatic heterocycles. The molecule has 2 heteroatoms. The number of hydrogen-bond acceptors (Lipinski definition) is 2. The van der Waals surface area contributed by atoms with Crippen LogP contribution in [0.4, 0.5) is 0 Å². The molecule has 0 aromatic rings. The van der Waals surface area contributed by atoms with Crippen molar-refractivity contribution in [1.82, 2.24) is 0 Å². The molecule has 4 unspecified atom stereocenters. The lowest BCUT2D eigenvalue weighted by Crippen LogP contribution is -2.55. The van der Waals surface area contributed by atoms with Crippen molar-refractivity contribution in [2.45, 2.75) is 89.8 Å². The maximum absolute atomic E-state index is 11.7. The van der Waals surface area contributed by atoms with Crippen LogP contribution >= 0.6 is 0 Å². The van der Waals surface area contributed by atoms with Gasteiger partial charge in [-0.1, -0.05) is 40.0 Å². The molecular formula is C19H34O2. The molecule has 3 rings (SSSR count). The Balaban J connectivity index is 1.81.